The Hall–Kier alpha value is -1.39. The molecule has 1 heterocycles. The van der Waals surface area contributed by atoms with E-state index in [4.69, 9.17) is 11.6 Å². The Bertz CT molecular complexity index is 646. The third kappa shape index (κ3) is 3.14. The number of amides is 1. The number of hydrogen-bond acceptors (Lipinski definition) is 3. The van der Waals surface area contributed by atoms with Gasteiger partial charge in [-0.3, -0.25) is 4.79 Å². The lowest BCUT2D eigenvalue weighted by atomic mass is 10.2. The largest absolute Gasteiger partial charge is 0.282 e. The van der Waals surface area contributed by atoms with Crippen LogP contribution in [0.25, 0.3) is 10.1 Å². The minimum absolute atomic E-state index is 0.263. The van der Waals surface area contributed by atoms with Gasteiger partial charge in [0.25, 0.3) is 5.91 Å². The Morgan fingerprint density at radius 1 is 1.47 bits per heavy atom. The van der Waals surface area contributed by atoms with Crippen LogP contribution in [0.1, 0.15) is 29.1 Å². The molecule has 2 aromatic rings. The highest BCUT2D eigenvalue weighted by Crippen LogP contribution is 2.35. The van der Waals surface area contributed by atoms with Gasteiger partial charge in [-0.1, -0.05) is 37.6 Å². The van der Waals surface area contributed by atoms with Crippen LogP contribution in [-0.4, -0.2) is 12.1 Å². The highest BCUT2D eigenvalue weighted by molar-refractivity contribution is 7.21. The number of carbonyl (C=O) groups is 1. The maximum atomic E-state index is 12.0. The molecule has 0 aliphatic rings. The molecule has 0 radical (unpaired) electrons. The fourth-order valence-corrected chi connectivity index (χ4v) is 3.12. The Morgan fingerprint density at radius 3 is 2.89 bits per heavy atom. The number of hydrogen-bond donors (Lipinski definition) is 1. The van der Waals surface area contributed by atoms with Crippen molar-refractivity contribution in [3.8, 4) is 0 Å². The van der Waals surface area contributed by atoms with E-state index in [2.05, 4.69) is 10.5 Å². The first-order valence-corrected chi connectivity index (χ1v) is 7.20. The van der Waals surface area contributed by atoms with Crippen LogP contribution in [0.2, 0.25) is 5.02 Å². The van der Waals surface area contributed by atoms with Gasteiger partial charge < -0.3 is 0 Å². The summed E-state index contributed by atoms with van der Waals surface area (Å²) in [6.07, 6.45) is 1.68. The fraction of sp³-hybridized carbons (Fsp3) is 0.286. The molecule has 0 saturated carbocycles. The summed E-state index contributed by atoms with van der Waals surface area (Å²) in [5.74, 6) is 0.0292. The summed E-state index contributed by atoms with van der Waals surface area (Å²) in [6, 6.07) is 5.96. The summed E-state index contributed by atoms with van der Waals surface area (Å²) < 4.78 is 1.02. The molecule has 5 heteroatoms. The maximum Gasteiger partial charge on any atom is 0.282 e. The van der Waals surface area contributed by atoms with Crippen molar-refractivity contribution in [3.05, 3.63) is 33.7 Å². The third-order valence-electron chi connectivity index (χ3n) is 2.53. The van der Waals surface area contributed by atoms with E-state index in [-0.39, 0.29) is 5.91 Å². The summed E-state index contributed by atoms with van der Waals surface area (Å²) in [6.45, 7) is 6.00. The van der Waals surface area contributed by atoms with Gasteiger partial charge in [0, 0.05) is 16.3 Å². The number of aryl methyl sites for hydroxylation is 1. The summed E-state index contributed by atoms with van der Waals surface area (Å²) >= 11 is 7.63. The lowest BCUT2D eigenvalue weighted by molar-refractivity contribution is 0.0959. The van der Waals surface area contributed by atoms with Gasteiger partial charge in [0.1, 0.15) is 4.88 Å². The Kier molecular flexibility index (Phi) is 4.22. The predicted molar refractivity (Wildman–Crippen MR) is 82.4 cm³/mol. The number of hydrazone groups is 1. The molecule has 0 aliphatic carbocycles. The zero-order valence-corrected chi connectivity index (χ0v) is 12.6. The molecule has 1 amide bonds. The number of carbonyl (C=O) groups excluding carboxylic acids is 1. The molecule has 19 heavy (non-hydrogen) atoms. The average molecular weight is 295 g/mol. The van der Waals surface area contributed by atoms with Gasteiger partial charge in [0.2, 0.25) is 0 Å². The smallest absolute Gasteiger partial charge is 0.266 e. The number of nitrogens with one attached hydrogen (secondary N) is 1. The molecular formula is C14H15ClN2OS. The molecule has 2 rings (SSSR count). The first kappa shape index (κ1) is 14.0. The first-order chi connectivity index (χ1) is 8.99. The molecular weight excluding hydrogens is 280 g/mol. The van der Waals surface area contributed by atoms with Gasteiger partial charge in [0.15, 0.2) is 0 Å². The average Bonchev–Trinajstić information content (AvgIpc) is 2.65. The van der Waals surface area contributed by atoms with Crippen LogP contribution >= 0.6 is 22.9 Å². The van der Waals surface area contributed by atoms with Gasteiger partial charge in [0.05, 0.1) is 5.02 Å². The Balaban J connectivity index is 2.30. The number of thiophene rings is 1. The van der Waals surface area contributed by atoms with Crippen LogP contribution < -0.4 is 5.43 Å². The molecule has 0 spiro atoms. The second-order valence-electron chi connectivity index (χ2n) is 4.71. The molecule has 3 nitrogen and oxygen atoms in total. The minimum Gasteiger partial charge on any atom is -0.266 e. The van der Waals surface area contributed by atoms with Crippen molar-refractivity contribution >= 4 is 45.1 Å². The summed E-state index contributed by atoms with van der Waals surface area (Å²) in [5.41, 5.74) is 3.65. The van der Waals surface area contributed by atoms with Crippen LogP contribution in [0.5, 0.6) is 0 Å². The van der Waals surface area contributed by atoms with Crippen LogP contribution in [0.4, 0.5) is 0 Å². The molecule has 100 valence electrons. The van der Waals surface area contributed by atoms with Crippen molar-refractivity contribution in [2.24, 2.45) is 11.0 Å². The van der Waals surface area contributed by atoms with Crippen molar-refractivity contribution in [2.45, 2.75) is 20.8 Å². The van der Waals surface area contributed by atoms with Crippen LogP contribution in [-0.2, 0) is 0 Å². The molecule has 0 fully saturated rings. The zero-order valence-electron chi connectivity index (χ0n) is 11.0. The number of fused-ring (bicyclic) bond motifs is 1. The zero-order chi connectivity index (χ0) is 14.0. The van der Waals surface area contributed by atoms with Crippen molar-refractivity contribution in [1.29, 1.82) is 0 Å². The standard InChI is InChI=1S/C14H15ClN2OS/c1-8(2)7-16-17-14(18)13-12(15)10-5-4-9(3)6-11(10)19-13/h4-8H,1-3H3,(H,17,18). The molecule has 1 N–H and O–H groups in total. The molecule has 0 bridgehead atoms. The summed E-state index contributed by atoms with van der Waals surface area (Å²) in [5, 5.41) is 5.31. The quantitative estimate of drug-likeness (QED) is 0.668. The van der Waals surface area contributed by atoms with E-state index in [1.165, 1.54) is 11.3 Å². The van der Waals surface area contributed by atoms with Crippen molar-refractivity contribution < 1.29 is 4.79 Å². The molecule has 0 aliphatic heterocycles. The van der Waals surface area contributed by atoms with E-state index in [0.29, 0.717) is 15.8 Å². The molecule has 0 unspecified atom stereocenters. The number of halogens is 1. The molecule has 0 atom stereocenters. The second-order valence-corrected chi connectivity index (χ2v) is 6.14. The summed E-state index contributed by atoms with van der Waals surface area (Å²) in [7, 11) is 0. The maximum absolute atomic E-state index is 12.0. The van der Waals surface area contributed by atoms with Crippen molar-refractivity contribution in [1.82, 2.24) is 5.43 Å². The van der Waals surface area contributed by atoms with Crippen molar-refractivity contribution in [2.75, 3.05) is 0 Å². The highest BCUT2D eigenvalue weighted by atomic mass is 35.5. The molecule has 0 saturated heterocycles. The topological polar surface area (TPSA) is 41.5 Å². The van der Waals surface area contributed by atoms with E-state index in [1.54, 1.807) is 6.21 Å². The second kappa shape index (κ2) is 5.72. The SMILES string of the molecule is Cc1ccc2c(Cl)c(C(=O)NN=CC(C)C)sc2c1. The van der Waals surface area contributed by atoms with Crippen molar-refractivity contribution in [3.63, 3.8) is 0 Å². The van der Waals surface area contributed by atoms with Crippen LogP contribution in [0.15, 0.2) is 23.3 Å². The number of rotatable bonds is 3. The Morgan fingerprint density at radius 2 is 2.21 bits per heavy atom. The van der Waals surface area contributed by atoms with E-state index in [9.17, 15) is 4.79 Å². The normalized spacial score (nSPS) is 11.6. The lowest BCUT2D eigenvalue weighted by Crippen LogP contribution is -2.17. The molecule has 1 aromatic carbocycles. The van der Waals surface area contributed by atoms with Gasteiger partial charge in [-0.05, 0) is 24.5 Å². The van der Waals surface area contributed by atoms with Gasteiger partial charge in [-0.15, -0.1) is 11.3 Å². The van der Waals surface area contributed by atoms with Gasteiger partial charge in [-0.25, -0.2) is 5.43 Å². The van der Waals surface area contributed by atoms with Gasteiger partial charge in [-0.2, -0.15) is 5.10 Å². The fourth-order valence-electron chi connectivity index (χ4n) is 1.61. The minimum atomic E-state index is -0.263. The van der Waals surface area contributed by atoms with E-state index in [1.807, 2.05) is 39.0 Å². The van der Waals surface area contributed by atoms with E-state index >= 15 is 0 Å². The Labute approximate surface area is 121 Å². The number of nitrogens with zero attached hydrogens (tertiary/aromatic N) is 1. The lowest BCUT2D eigenvalue weighted by Gasteiger charge is -1.98. The number of benzene rings is 1. The van der Waals surface area contributed by atoms with E-state index in [0.717, 1.165) is 15.6 Å². The van der Waals surface area contributed by atoms with Crippen LogP contribution in [0, 0.1) is 12.8 Å². The van der Waals surface area contributed by atoms with E-state index < -0.39 is 0 Å². The van der Waals surface area contributed by atoms with Crippen LogP contribution in [0.3, 0.4) is 0 Å². The molecule has 1 aromatic heterocycles. The van der Waals surface area contributed by atoms with Gasteiger partial charge >= 0.3 is 0 Å². The first-order valence-electron chi connectivity index (χ1n) is 6.01. The summed E-state index contributed by atoms with van der Waals surface area (Å²) in [4.78, 5) is 12.5. The monoisotopic (exact) mass is 294 g/mol. The highest BCUT2D eigenvalue weighted by Gasteiger charge is 2.16. The third-order valence-corrected chi connectivity index (χ3v) is 4.19. The predicted octanol–water partition coefficient (Wildman–Crippen LogP) is 4.23.